The average Bonchev–Trinajstić information content (AvgIpc) is 2.72. The summed E-state index contributed by atoms with van der Waals surface area (Å²) in [6.07, 6.45) is 2.05. The largest absolute Gasteiger partial charge is 0.478 e. The van der Waals surface area contributed by atoms with Crippen molar-refractivity contribution in [3.05, 3.63) is 23.8 Å². The van der Waals surface area contributed by atoms with Gasteiger partial charge in [-0.3, -0.25) is 0 Å². The highest BCUT2D eigenvalue weighted by molar-refractivity contribution is 6.00. The van der Waals surface area contributed by atoms with Crippen LogP contribution in [-0.2, 0) is 0 Å². The van der Waals surface area contributed by atoms with Crippen LogP contribution in [0.15, 0.2) is 18.2 Å². The van der Waals surface area contributed by atoms with E-state index < -0.39 is 5.97 Å². The molecule has 5 heteroatoms. The van der Waals surface area contributed by atoms with Gasteiger partial charge >= 0.3 is 5.97 Å². The monoisotopic (exact) mass is 233 g/mol. The number of carbonyl (C=O) groups is 1. The Morgan fingerprint density at radius 3 is 2.94 bits per heavy atom. The summed E-state index contributed by atoms with van der Waals surface area (Å²) in [5.41, 5.74) is 1.45. The van der Waals surface area contributed by atoms with Crippen LogP contribution < -0.4 is 0 Å². The molecule has 5 nitrogen and oxygen atoms in total. The average molecular weight is 233 g/mol. The molecular formula is C12H15N3O2. The number of carboxylic acid groups (broad SMARTS) is 1. The first-order chi connectivity index (χ1) is 8.15. The maximum absolute atomic E-state index is 11.0. The van der Waals surface area contributed by atoms with Crippen LogP contribution in [0.3, 0.4) is 0 Å². The number of fused-ring (bicyclic) bond motifs is 1. The van der Waals surface area contributed by atoms with Gasteiger partial charge < -0.3 is 5.11 Å². The quantitative estimate of drug-likeness (QED) is 0.880. The SMILES string of the molecule is CCCC(C)n1nnc2c(C(=O)O)cccc21. The first-order valence-corrected chi connectivity index (χ1v) is 5.72. The van der Waals surface area contributed by atoms with Gasteiger partial charge in [-0.25, -0.2) is 9.48 Å². The topological polar surface area (TPSA) is 68.0 Å². The number of hydrogen-bond acceptors (Lipinski definition) is 3. The normalized spacial score (nSPS) is 12.8. The van der Waals surface area contributed by atoms with E-state index in [1.165, 1.54) is 0 Å². The molecule has 0 amide bonds. The number of carboxylic acids is 1. The number of nitrogens with zero attached hydrogens (tertiary/aromatic N) is 3. The van der Waals surface area contributed by atoms with Crippen molar-refractivity contribution in [2.24, 2.45) is 0 Å². The van der Waals surface area contributed by atoms with Crippen molar-refractivity contribution < 1.29 is 9.90 Å². The molecule has 2 aromatic rings. The molecule has 0 radical (unpaired) electrons. The summed E-state index contributed by atoms with van der Waals surface area (Å²) >= 11 is 0. The summed E-state index contributed by atoms with van der Waals surface area (Å²) in [4.78, 5) is 11.0. The van der Waals surface area contributed by atoms with Crippen LogP contribution >= 0.6 is 0 Å². The number of aromatic carboxylic acids is 1. The van der Waals surface area contributed by atoms with Gasteiger partial charge in [0.25, 0.3) is 0 Å². The van der Waals surface area contributed by atoms with E-state index in [1.54, 1.807) is 16.8 Å². The lowest BCUT2D eigenvalue weighted by molar-refractivity contribution is 0.0699. The lowest BCUT2D eigenvalue weighted by Gasteiger charge is -2.10. The van der Waals surface area contributed by atoms with Gasteiger partial charge in [0.15, 0.2) is 0 Å². The molecule has 1 heterocycles. The number of hydrogen-bond donors (Lipinski definition) is 1. The predicted molar refractivity (Wildman–Crippen MR) is 64.1 cm³/mol. The zero-order valence-corrected chi connectivity index (χ0v) is 9.92. The van der Waals surface area contributed by atoms with Gasteiger partial charge in [-0.1, -0.05) is 24.6 Å². The second-order valence-corrected chi connectivity index (χ2v) is 4.15. The standard InChI is InChI=1S/C12H15N3O2/c1-3-5-8(2)15-10-7-4-6-9(12(16)17)11(10)13-14-15/h4,6-8H,3,5H2,1-2H3,(H,16,17). The Labute approximate surface area is 99.1 Å². The van der Waals surface area contributed by atoms with E-state index >= 15 is 0 Å². The Morgan fingerprint density at radius 2 is 2.29 bits per heavy atom. The van der Waals surface area contributed by atoms with Gasteiger partial charge in [0.05, 0.1) is 17.1 Å². The van der Waals surface area contributed by atoms with Gasteiger partial charge in [0, 0.05) is 0 Å². The van der Waals surface area contributed by atoms with Gasteiger partial charge in [0.1, 0.15) is 5.52 Å². The van der Waals surface area contributed by atoms with Crippen LogP contribution in [0.4, 0.5) is 0 Å². The molecule has 0 spiro atoms. The number of benzene rings is 1. The first-order valence-electron chi connectivity index (χ1n) is 5.72. The fraction of sp³-hybridized carbons (Fsp3) is 0.417. The fourth-order valence-corrected chi connectivity index (χ4v) is 2.00. The highest BCUT2D eigenvalue weighted by Crippen LogP contribution is 2.21. The third-order valence-electron chi connectivity index (χ3n) is 2.86. The molecule has 1 aromatic heterocycles. The Bertz CT molecular complexity index is 548. The zero-order chi connectivity index (χ0) is 12.4. The van der Waals surface area contributed by atoms with Crippen LogP contribution in [0.2, 0.25) is 0 Å². The van der Waals surface area contributed by atoms with Gasteiger partial charge in [-0.15, -0.1) is 5.10 Å². The molecule has 0 aliphatic carbocycles. The third-order valence-corrected chi connectivity index (χ3v) is 2.86. The van der Waals surface area contributed by atoms with E-state index in [4.69, 9.17) is 5.11 Å². The van der Waals surface area contributed by atoms with Crippen LogP contribution in [0, 0.1) is 0 Å². The molecule has 17 heavy (non-hydrogen) atoms. The summed E-state index contributed by atoms with van der Waals surface area (Å²) in [6.45, 7) is 4.17. The molecule has 0 aliphatic heterocycles. The fourth-order valence-electron chi connectivity index (χ4n) is 2.00. The van der Waals surface area contributed by atoms with Crippen LogP contribution in [0.1, 0.15) is 43.1 Å². The molecule has 0 fully saturated rings. The minimum absolute atomic E-state index is 0.206. The minimum Gasteiger partial charge on any atom is -0.478 e. The van der Waals surface area contributed by atoms with E-state index in [-0.39, 0.29) is 11.6 Å². The second kappa shape index (κ2) is 4.53. The minimum atomic E-state index is -0.967. The van der Waals surface area contributed by atoms with E-state index in [2.05, 4.69) is 24.2 Å². The number of aromatic nitrogens is 3. The molecule has 0 saturated carbocycles. The molecular weight excluding hydrogens is 218 g/mol. The Kier molecular flexibility index (Phi) is 3.08. The van der Waals surface area contributed by atoms with E-state index in [1.807, 2.05) is 6.07 Å². The number of rotatable bonds is 4. The summed E-state index contributed by atoms with van der Waals surface area (Å²) in [7, 11) is 0. The van der Waals surface area contributed by atoms with Crippen molar-refractivity contribution in [2.75, 3.05) is 0 Å². The molecule has 1 N–H and O–H groups in total. The highest BCUT2D eigenvalue weighted by Gasteiger charge is 2.15. The molecule has 1 aromatic carbocycles. The maximum atomic E-state index is 11.0. The Hall–Kier alpha value is -1.91. The van der Waals surface area contributed by atoms with Crippen molar-refractivity contribution in [3.8, 4) is 0 Å². The molecule has 1 unspecified atom stereocenters. The summed E-state index contributed by atoms with van der Waals surface area (Å²) in [5, 5.41) is 17.1. The first kappa shape index (κ1) is 11.6. The predicted octanol–water partition coefficient (Wildman–Crippen LogP) is 2.49. The molecule has 2 rings (SSSR count). The molecule has 0 bridgehead atoms. The van der Waals surface area contributed by atoms with Gasteiger partial charge in [-0.2, -0.15) is 0 Å². The summed E-state index contributed by atoms with van der Waals surface area (Å²) in [5.74, 6) is -0.967. The van der Waals surface area contributed by atoms with Gasteiger partial charge in [-0.05, 0) is 25.5 Å². The Balaban J connectivity index is 2.54. The summed E-state index contributed by atoms with van der Waals surface area (Å²) in [6, 6.07) is 5.36. The second-order valence-electron chi connectivity index (χ2n) is 4.15. The third kappa shape index (κ3) is 2.00. The molecule has 0 aliphatic rings. The Morgan fingerprint density at radius 1 is 1.53 bits per heavy atom. The molecule has 1 atom stereocenters. The van der Waals surface area contributed by atoms with Crippen molar-refractivity contribution >= 4 is 17.0 Å². The van der Waals surface area contributed by atoms with Crippen molar-refractivity contribution in [2.45, 2.75) is 32.7 Å². The van der Waals surface area contributed by atoms with Crippen molar-refractivity contribution in [1.29, 1.82) is 0 Å². The smallest absolute Gasteiger partial charge is 0.338 e. The lowest BCUT2D eigenvalue weighted by atomic mass is 10.1. The van der Waals surface area contributed by atoms with E-state index in [0.29, 0.717) is 5.52 Å². The van der Waals surface area contributed by atoms with Crippen molar-refractivity contribution in [3.63, 3.8) is 0 Å². The van der Waals surface area contributed by atoms with Crippen LogP contribution in [-0.4, -0.2) is 26.1 Å². The highest BCUT2D eigenvalue weighted by atomic mass is 16.4. The van der Waals surface area contributed by atoms with Crippen LogP contribution in [0.5, 0.6) is 0 Å². The summed E-state index contributed by atoms with van der Waals surface area (Å²) < 4.78 is 1.80. The van der Waals surface area contributed by atoms with E-state index in [0.717, 1.165) is 18.4 Å². The van der Waals surface area contributed by atoms with Gasteiger partial charge in [0.2, 0.25) is 0 Å². The lowest BCUT2D eigenvalue weighted by Crippen LogP contribution is -2.06. The zero-order valence-electron chi connectivity index (χ0n) is 9.92. The molecule has 0 saturated heterocycles. The maximum Gasteiger partial charge on any atom is 0.338 e. The van der Waals surface area contributed by atoms with Crippen molar-refractivity contribution in [1.82, 2.24) is 15.0 Å². The molecule has 90 valence electrons. The van der Waals surface area contributed by atoms with Crippen LogP contribution in [0.25, 0.3) is 11.0 Å². The van der Waals surface area contributed by atoms with E-state index in [9.17, 15) is 4.79 Å².